The van der Waals surface area contributed by atoms with Crippen LogP contribution in [0.4, 0.5) is 0 Å². The van der Waals surface area contributed by atoms with Gasteiger partial charge in [0.2, 0.25) is 0 Å². The Morgan fingerprint density at radius 2 is 1.92 bits per heavy atom. The van der Waals surface area contributed by atoms with E-state index in [4.69, 9.17) is 0 Å². The average Bonchev–Trinajstić information content (AvgIpc) is 1.98. The number of benzene rings is 1. The molecule has 12 heavy (non-hydrogen) atoms. The van der Waals surface area contributed by atoms with Crippen molar-refractivity contribution in [2.24, 2.45) is 0 Å². The minimum atomic E-state index is 0.958. The van der Waals surface area contributed by atoms with Crippen LogP contribution in [0, 0.1) is 0 Å². The van der Waals surface area contributed by atoms with Gasteiger partial charge < -0.3 is 4.90 Å². The van der Waals surface area contributed by atoms with Gasteiger partial charge in [-0.3, -0.25) is 0 Å². The van der Waals surface area contributed by atoms with Gasteiger partial charge in [0.25, 0.3) is 0 Å². The molecule has 0 heterocycles. The van der Waals surface area contributed by atoms with E-state index >= 15 is 0 Å². The van der Waals surface area contributed by atoms with E-state index in [-0.39, 0.29) is 0 Å². The van der Waals surface area contributed by atoms with E-state index in [0.29, 0.717) is 0 Å². The molecule has 0 aromatic heterocycles. The molecule has 0 atom stereocenters. The summed E-state index contributed by atoms with van der Waals surface area (Å²) in [7, 11) is 4.13. The van der Waals surface area contributed by atoms with E-state index in [9.17, 15) is 0 Å². The third-order valence-electron chi connectivity index (χ3n) is 1.52. The molecule has 1 rings (SSSR count). The van der Waals surface area contributed by atoms with Crippen molar-refractivity contribution in [2.75, 3.05) is 14.1 Å². The first-order valence-corrected chi connectivity index (χ1v) is 5.27. The van der Waals surface area contributed by atoms with Crippen LogP contribution in [0.3, 0.4) is 0 Å². The van der Waals surface area contributed by atoms with Crippen LogP contribution < -0.4 is 0 Å². The highest BCUT2D eigenvalue weighted by molar-refractivity contribution is 9.13. The molecule has 0 aliphatic rings. The van der Waals surface area contributed by atoms with Crippen molar-refractivity contribution < 1.29 is 0 Å². The van der Waals surface area contributed by atoms with Gasteiger partial charge in [-0.1, -0.05) is 12.1 Å². The second kappa shape index (κ2) is 4.40. The van der Waals surface area contributed by atoms with E-state index in [1.54, 1.807) is 0 Å². The highest BCUT2D eigenvalue weighted by Crippen LogP contribution is 2.26. The van der Waals surface area contributed by atoms with Crippen LogP contribution in [0.15, 0.2) is 27.1 Å². The fraction of sp³-hybridized carbons (Fsp3) is 0.333. The van der Waals surface area contributed by atoms with E-state index < -0.39 is 0 Å². The first-order valence-electron chi connectivity index (χ1n) is 3.69. The standard InChI is InChI=1S/C9H11Br2N/c1-12(2)6-7-4-3-5-8(10)9(7)11/h3-5H,6H2,1-2H3. The Labute approximate surface area is 90.0 Å². The van der Waals surface area contributed by atoms with Crippen LogP contribution in [0.25, 0.3) is 0 Å². The maximum atomic E-state index is 3.54. The lowest BCUT2D eigenvalue weighted by Crippen LogP contribution is -2.10. The largest absolute Gasteiger partial charge is 0.305 e. The monoisotopic (exact) mass is 291 g/mol. The van der Waals surface area contributed by atoms with Gasteiger partial charge >= 0.3 is 0 Å². The van der Waals surface area contributed by atoms with Gasteiger partial charge in [0.05, 0.1) is 0 Å². The van der Waals surface area contributed by atoms with Crippen LogP contribution in [0.5, 0.6) is 0 Å². The molecule has 0 saturated carbocycles. The summed E-state index contributed by atoms with van der Waals surface area (Å²) in [6.45, 7) is 0.958. The van der Waals surface area contributed by atoms with Crippen LogP contribution in [-0.2, 0) is 6.54 Å². The second-order valence-electron chi connectivity index (χ2n) is 2.95. The molecule has 0 aliphatic carbocycles. The van der Waals surface area contributed by atoms with Gasteiger partial charge in [0, 0.05) is 15.5 Å². The van der Waals surface area contributed by atoms with Crippen molar-refractivity contribution in [2.45, 2.75) is 6.54 Å². The summed E-state index contributed by atoms with van der Waals surface area (Å²) < 4.78 is 2.26. The van der Waals surface area contributed by atoms with Gasteiger partial charge in [-0.25, -0.2) is 0 Å². The minimum absolute atomic E-state index is 0.958. The number of halogens is 2. The maximum absolute atomic E-state index is 3.54. The Kier molecular flexibility index (Phi) is 3.75. The molecule has 0 aliphatic heterocycles. The molecule has 0 N–H and O–H groups in total. The topological polar surface area (TPSA) is 3.24 Å². The Balaban J connectivity index is 2.92. The summed E-state index contributed by atoms with van der Waals surface area (Å²) in [6.07, 6.45) is 0. The fourth-order valence-corrected chi connectivity index (χ4v) is 1.81. The summed E-state index contributed by atoms with van der Waals surface area (Å²) in [5.74, 6) is 0. The molecule has 0 fully saturated rings. The molecule has 1 nitrogen and oxygen atoms in total. The summed E-state index contributed by atoms with van der Waals surface area (Å²) >= 11 is 7.01. The molecule has 0 bridgehead atoms. The van der Waals surface area contributed by atoms with Crippen molar-refractivity contribution in [3.8, 4) is 0 Å². The lowest BCUT2D eigenvalue weighted by Gasteiger charge is -2.11. The summed E-state index contributed by atoms with van der Waals surface area (Å²) in [5, 5.41) is 0. The zero-order valence-electron chi connectivity index (χ0n) is 7.14. The Hall–Kier alpha value is 0.140. The maximum Gasteiger partial charge on any atom is 0.0362 e. The van der Waals surface area contributed by atoms with Crippen molar-refractivity contribution in [3.63, 3.8) is 0 Å². The van der Waals surface area contributed by atoms with Crippen molar-refractivity contribution in [3.05, 3.63) is 32.7 Å². The summed E-state index contributed by atoms with van der Waals surface area (Å²) in [6, 6.07) is 6.20. The fourth-order valence-electron chi connectivity index (χ4n) is 1.01. The molecule has 1 aromatic rings. The van der Waals surface area contributed by atoms with Crippen molar-refractivity contribution in [1.82, 2.24) is 4.90 Å². The Morgan fingerprint density at radius 3 is 2.50 bits per heavy atom. The van der Waals surface area contributed by atoms with E-state index in [1.807, 2.05) is 12.1 Å². The molecule has 0 saturated heterocycles. The van der Waals surface area contributed by atoms with Crippen LogP contribution in [-0.4, -0.2) is 19.0 Å². The van der Waals surface area contributed by atoms with Crippen LogP contribution in [0.1, 0.15) is 5.56 Å². The predicted octanol–water partition coefficient (Wildman–Crippen LogP) is 3.27. The lowest BCUT2D eigenvalue weighted by atomic mass is 10.2. The molecular formula is C9H11Br2N. The highest BCUT2D eigenvalue weighted by Gasteiger charge is 2.03. The lowest BCUT2D eigenvalue weighted by molar-refractivity contribution is 0.401. The van der Waals surface area contributed by atoms with Crippen LogP contribution >= 0.6 is 31.9 Å². The van der Waals surface area contributed by atoms with E-state index in [0.717, 1.165) is 15.5 Å². The first-order chi connectivity index (χ1) is 5.61. The Bertz CT molecular complexity index is 271. The van der Waals surface area contributed by atoms with Gasteiger partial charge in [0.1, 0.15) is 0 Å². The molecule has 0 amide bonds. The first kappa shape index (κ1) is 10.2. The van der Waals surface area contributed by atoms with E-state index in [1.165, 1.54) is 5.56 Å². The van der Waals surface area contributed by atoms with E-state index in [2.05, 4.69) is 56.9 Å². The molecule has 0 radical (unpaired) electrons. The normalized spacial score (nSPS) is 10.8. The molecule has 66 valence electrons. The molecular weight excluding hydrogens is 282 g/mol. The number of hydrogen-bond donors (Lipinski definition) is 0. The second-order valence-corrected chi connectivity index (χ2v) is 4.60. The summed E-state index contributed by atoms with van der Waals surface area (Å²) in [5.41, 5.74) is 1.30. The molecule has 0 spiro atoms. The third-order valence-corrected chi connectivity index (χ3v) is 3.65. The summed E-state index contributed by atoms with van der Waals surface area (Å²) in [4.78, 5) is 2.15. The van der Waals surface area contributed by atoms with Gasteiger partial charge in [-0.05, 0) is 57.6 Å². The molecule has 0 unspecified atom stereocenters. The van der Waals surface area contributed by atoms with Gasteiger partial charge in [-0.2, -0.15) is 0 Å². The third kappa shape index (κ3) is 2.57. The minimum Gasteiger partial charge on any atom is -0.305 e. The van der Waals surface area contributed by atoms with Crippen molar-refractivity contribution >= 4 is 31.9 Å². The highest BCUT2D eigenvalue weighted by atomic mass is 79.9. The molecule has 3 heteroatoms. The smallest absolute Gasteiger partial charge is 0.0362 e. The van der Waals surface area contributed by atoms with Gasteiger partial charge in [0.15, 0.2) is 0 Å². The predicted molar refractivity (Wildman–Crippen MR) is 59.2 cm³/mol. The van der Waals surface area contributed by atoms with Gasteiger partial charge in [-0.15, -0.1) is 0 Å². The number of nitrogens with zero attached hydrogens (tertiary/aromatic N) is 1. The quantitative estimate of drug-likeness (QED) is 0.809. The number of rotatable bonds is 2. The average molecular weight is 293 g/mol. The SMILES string of the molecule is CN(C)Cc1cccc(Br)c1Br. The van der Waals surface area contributed by atoms with Crippen molar-refractivity contribution in [1.29, 1.82) is 0 Å². The number of hydrogen-bond acceptors (Lipinski definition) is 1. The zero-order chi connectivity index (χ0) is 9.14. The Morgan fingerprint density at radius 1 is 1.25 bits per heavy atom. The molecule has 1 aromatic carbocycles. The van der Waals surface area contributed by atoms with Crippen LogP contribution in [0.2, 0.25) is 0 Å². The zero-order valence-corrected chi connectivity index (χ0v) is 10.3.